The number of fused-ring (bicyclic) bond motifs is 7. The Morgan fingerprint density at radius 2 is 1.40 bits per heavy atom. The van der Waals surface area contributed by atoms with Gasteiger partial charge in [0.2, 0.25) is 5.71 Å². The summed E-state index contributed by atoms with van der Waals surface area (Å²) in [6, 6.07) is 36.4. The van der Waals surface area contributed by atoms with Gasteiger partial charge < -0.3 is 8.83 Å². The zero-order valence-electron chi connectivity index (χ0n) is 30.2. The third-order valence-corrected chi connectivity index (χ3v) is 9.49. The third kappa shape index (κ3) is 4.24. The van der Waals surface area contributed by atoms with Crippen LogP contribution in [0.25, 0.3) is 83.4 Å². The molecule has 0 N–H and O–H groups in total. The number of imidazole rings is 1. The Kier molecular flexibility index (Phi) is 5.65. The summed E-state index contributed by atoms with van der Waals surface area (Å²) in [5, 5.41) is 2.17. The van der Waals surface area contributed by atoms with Gasteiger partial charge in [-0.2, -0.15) is 0 Å². The van der Waals surface area contributed by atoms with Gasteiger partial charge in [-0.15, -0.1) is 0 Å². The average Bonchev–Trinajstić information content (AvgIpc) is 3.80. The Hall–Kier alpha value is -5.68. The number of benzene rings is 5. The highest BCUT2D eigenvalue weighted by Gasteiger charge is 2.26. The molecule has 4 aromatic heterocycles. The summed E-state index contributed by atoms with van der Waals surface area (Å²) in [6.07, 6.45) is 0. The highest BCUT2D eigenvalue weighted by atomic mass is 16.3. The van der Waals surface area contributed by atoms with Gasteiger partial charge in [-0.25, -0.2) is 9.97 Å². The van der Waals surface area contributed by atoms with E-state index in [1.54, 1.807) is 6.07 Å². The fourth-order valence-electron chi connectivity index (χ4n) is 7.15. The molecule has 9 rings (SSSR count). The molecule has 0 saturated carbocycles. The van der Waals surface area contributed by atoms with Crippen LogP contribution in [0.3, 0.4) is 0 Å². The van der Waals surface area contributed by atoms with E-state index >= 15 is 0 Å². The molecule has 0 fully saturated rings. The summed E-state index contributed by atoms with van der Waals surface area (Å²) in [5.41, 5.74) is 10.9. The second kappa shape index (κ2) is 10.7. The second-order valence-electron chi connectivity index (χ2n) is 13.2. The topological polar surface area (TPSA) is 57.0 Å². The second-order valence-corrected chi connectivity index (χ2v) is 13.2. The van der Waals surface area contributed by atoms with Gasteiger partial charge in [0.05, 0.1) is 33.1 Å². The number of aromatic nitrogens is 3. The van der Waals surface area contributed by atoms with Crippen molar-refractivity contribution in [1.82, 2.24) is 14.5 Å². The van der Waals surface area contributed by atoms with Gasteiger partial charge in [0.1, 0.15) is 22.5 Å². The van der Waals surface area contributed by atoms with Gasteiger partial charge >= 0.3 is 0 Å². The lowest BCUT2D eigenvalue weighted by atomic mass is 9.88. The molecule has 0 atom stereocenters. The number of para-hydroxylation sites is 3. The predicted octanol–water partition coefficient (Wildman–Crippen LogP) is 12.1. The van der Waals surface area contributed by atoms with Gasteiger partial charge in [-0.05, 0) is 89.0 Å². The van der Waals surface area contributed by atoms with Crippen LogP contribution in [0.4, 0.5) is 0 Å². The molecule has 0 bridgehead atoms. The minimum atomic E-state index is -2.42. The Morgan fingerprint density at radius 1 is 0.667 bits per heavy atom. The SMILES string of the molecule is [2H]C([2H])([2H])c1ccc(-c2nc3ccccc3n2-c2c(C(C)C)cc(-c3ccccc3)cc2C(C)C)c2oc3cc4c(nc3c12)oc1ccccc14. The lowest BCUT2D eigenvalue weighted by Gasteiger charge is -2.24. The first-order valence-corrected chi connectivity index (χ1v) is 16.5. The molecule has 5 nitrogen and oxygen atoms in total. The zero-order valence-corrected chi connectivity index (χ0v) is 27.2. The van der Waals surface area contributed by atoms with Crippen LogP contribution in [0, 0.1) is 6.85 Å². The smallest absolute Gasteiger partial charge is 0.228 e. The fourth-order valence-corrected chi connectivity index (χ4v) is 7.15. The Balaban J connectivity index is 1.39. The Labute approximate surface area is 282 Å². The van der Waals surface area contributed by atoms with Crippen molar-refractivity contribution in [1.29, 1.82) is 0 Å². The average molecular weight is 629 g/mol. The highest BCUT2D eigenvalue weighted by Crippen LogP contribution is 2.44. The van der Waals surface area contributed by atoms with Crippen LogP contribution in [0.15, 0.2) is 118 Å². The maximum Gasteiger partial charge on any atom is 0.228 e. The molecule has 48 heavy (non-hydrogen) atoms. The van der Waals surface area contributed by atoms with Crippen molar-refractivity contribution < 1.29 is 12.9 Å². The van der Waals surface area contributed by atoms with E-state index in [1.165, 1.54) is 22.3 Å². The predicted molar refractivity (Wildman–Crippen MR) is 197 cm³/mol. The standard InChI is InChI=1S/C43H35N3O2/c1-24(2)31-21-28(27-13-7-6-8-14-27)22-32(25(3)4)40(31)46-35-17-11-10-16-34(35)44-42(46)30-20-19-26(5)38-39-37(47-41(30)38)23-33-29-15-9-12-18-36(29)48-43(33)45-39/h6-25H,1-5H3/i5D3. The van der Waals surface area contributed by atoms with Crippen molar-refractivity contribution in [2.24, 2.45) is 0 Å². The minimum Gasteiger partial charge on any atom is -0.454 e. The Bertz CT molecular complexity index is 2780. The summed E-state index contributed by atoms with van der Waals surface area (Å²) >= 11 is 0. The van der Waals surface area contributed by atoms with Crippen LogP contribution in [-0.2, 0) is 0 Å². The minimum absolute atomic E-state index is 0.170. The quantitative estimate of drug-likeness (QED) is 0.190. The summed E-state index contributed by atoms with van der Waals surface area (Å²) < 4.78 is 40.7. The molecule has 9 aromatic rings. The fraction of sp³-hybridized carbons (Fsp3) is 0.163. The monoisotopic (exact) mass is 628 g/mol. The number of hydrogen-bond acceptors (Lipinski definition) is 4. The van der Waals surface area contributed by atoms with Gasteiger partial charge in [0.25, 0.3) is 0 Å². The molecule has 0 aliphatic carbocycles. The molecule has 5 heteroatoms. The molecule has 234 valence electrons. The van der Waals surface area contributed by atoms with Crippen LogP contribution >= 0.6 is 0 Å². The zero-order chi connectivity index (χ0) is 35.2. The van der Waals surface area contributed by atoms with Gasteiger partial charge in [0.15, 0.2) is 5.58 Å². The molecule has 4 heterocycles. The lowest BCUT2D eigenvalue weighted by Crippen LogP contribution is -2.09. The largest absolute Gasteiger partial charge is 0.454 e. The maximum atomic E-state index is 8.52. The molecule has 0 aliphatic heterocycles. The Morgan fingerprint density at radius 3 is 2.17 bits per heavy atom. The van der Waals surface area contributed by atoms with Crippen molar-refractivity contribution >= 4 is 55.2 Å². The number of furan rings is 2. The van der Waals surface area contributed by atoms with E-state index in [2.05, 4.69) is 74.7 Å². The van der Waals surface area contributed by atoms with Gasteiger partial charge in [-0.1, -0.05) is 94.4 Å². The van der Waals surface area contributed by atoms with Crippen LogP contribution in [-0.4, -0.2) is 14.5 Å². The van der Waals surface area contributed by atoms with Gasteiger partial charge in [0, 0.05) is 9.50 Å². The molecule has 0 amide bonds. The van der Waals surface area contributed by atoms with Crippen LogP contribution in [0.5, 0.6) is 0 Å². The molecule has 0 radical (unpaired) electrons. The van der Waals surface area contributed by atoms with Gasteiger partial charge in [-0.3, -0.25) is 4.57 Å². The van der Waals surface area contributed by atoms with Crippen molar-refractivity contribution in [3.05, 3.63) is 126 Å². The van der Waals surface area contributed by atoms with E-state index in [1.807, 2.05) is 60.7 Å². The first-order chi connectivity index (χ1) is 24.6. The molecule has 5 aromatic carbocycles. The van der Waals surface area contributed by atoms with Crippen molar-refractivity contribution in [3.63, 3.8) is 0 Å². The van der Waals surface area contributed by atoms with E-state index in [9.17, 15) is 0 Å². The summed E-state index contributed by atoms with van der Waals surface area (Å²) in [4.78, 5) is 10.2. The highest BCUT2D eigenvalue weighted by molar-refractivity contribution is 6.14. The van der Waals surface area contributed by atoms with E-state index in [0.717, 1.165) is 27.5 Å². The first kappa shape index (κ1) is 25.4. The maximum absolute atomic E-state index is 8.52. The van der Waals surface area contributed by atoms with E-state index in [-0.39, 0.29) is 17.4 Å². The summed E-state index contributed by atoms with van der Waals surface area (Å²) in [6.45, 7) is 6.49. The molecule has 0 unspecified atom stereocenters. The van der Waals surface area contributed by atoms with Crippen LogP contribution < -0.4 is 0 Å². The number of pyridine rings is 1. The lowest BCUT2D eigenvalue weighted by molar-refractivity contribution is 0.652. The normalized spacial score (nSPS) is 13.4. The van der Waals surface area contributed by atoms with Crippen molar-refractivity contribution in [3.8, 4) is 28.2 Å². The summed E-state index contributed by atoms with van der Waals surface area (Å²) in [7, 11) is 0. The van der Waals surface area contributed by atoms with Crippen LogP contribution in [0.2, 0.25) is 0 Å². The van der Waals surface area contributed by atoms with E-state index in [4.69, 9.17) is 22.9 Å². The first-order valence-electron chi connectivity index (χ1n) is 18.0. The number of hydrogen-bond donors (Lipinski definition) is 0. The molecule has 0 aliphatic rings. The number of nitrogens with zero attached hydrogens (tertiary/aromatic N) is 3. The third-order valence-electron chi connectivity index (χ3n) is 9.49. The van der Waals surface area contributed by atoms with Crippen molar-refractivity contribution in [2.75, 3.05) is 0 Å². The number of rotatable bonds is 5. The van der Waals surface area contributed by atoms with Crippen molar-refractivity contribution in [2.45, 2.75) is 46.4 Å². The number of aryl methyl sites for hydroxylation is 1. The summed E-state index contributed by atoms with van der Waals surface area (Å²) in [5.74, 6) is 1.05. The van der Waals surface area contributed by atoms with E-state index < -0.39 is 6.85 Å². The molecule has 0 saturated heterocycles. The molecular weight excluding hydrogens is 590 g/mol. The van der Waals surface area contributed by atoms with Crippen LogP contribution in [0.1, 0.15) is 60.3 Å². The molecular formula is C43H35N3O2. The molecule has 0 spiro atoms. The van der Waals surface area contributed by atoms with E-state index in [0.29, 0.717) is 44.8 Å².